The van der Waals surface area contributed by atoms with E-state index in [1.165, 1.54) is 41.1 Å². The van der Waals surface area contributed by atoms with Crippen LogP contribution in [-0.4, -0.2) is 0 Å². The van der Waals surface area contributed by atoms with E-state index in [-0.39, 0.29) is 0 Å². The van der Waals surface area contributed by atoms with Crippen molar-refractivity contribution in [2.45, 2.75) is 9.10 Å². The van der Waals surface area contributed by atoms with Crippen LogP contribution in [0.1, 0.15) is 0 Å². The average Bonchev–Trinajstić information content (AvgIpc) is 3.16. The van der Waals surface area contributed by atoms with Crippen molar-refractivity contribution in [1.82, 2.24) is 0 Å². The van der Waals surface area contributed by atoms with Crippen molar-refractivity contribution in [1.29, 1.82) is 0 Å². The van der Waals surface area contributed by atoms with Gasteiger partial charge in [0.05, 0.1) is 4.21 Å². The highest BCUT2D eigenvalue weighted by atomic mass is 32.2. The Bertz CT molecular complexity index is 1200. The summed E-state index contributed by atoms with van der Waals surface area (Å²) in [5.74, 6) is 0. The first-order chi connectivity index (χ1) is 12.9. The molecule has 1 heterocycles. The first-order valence-electron chi connectivity index (χ1n) is 8.62. The molecular formula is C24H16S2. The highest BCUT2D eigenvalue weighted by molar-refractivity contribution is 8.01. The lowest BCUT2D eigenvalue weighted by Gasteiger charge is -2.09. The Balaban J connectivity index is 1.65. The zero-order valence-electron chi connectivity index (χ0n) is 14.1. The molecule has 2 heteroatoms. The van der Waals surface area contributed by atoms with Crippen LogP contribution in [0.2, 0.25) is 0 Å². The minimum absolute atomic E-state index is 1.28. The Hall–Kier alpha value is -2.55. The summed E-state index contributed by atoms with van der Waals surface area (Å²) in [5.41, 5.74) is 1.32. The second kappa shape index (κ2) is 6.64. The maximum Gasteiger partial charge on any atom is 0.0652 e. The van der Waals surface area contributed by atoms with Crippen LogP contribution < -0.4 is 0 Å². The normalized spacial score (nSPS) is 11.2. The van der Waals surface area contributed by atoms with Crippen molar-refractivity contribution in [3.05, 3.63) is 97.1 Å². The molecule has 0 spiro atoms. The molecule has 124 valence electrons. The summed E-state index contributed by atoms with van der Waals surface area (Å²) < 4.78 is 1.32. The predicted molar refractivity (Wildman–Crippen MR) is 115 cm³/mol. The summed E-state index contributed by atoms with van der Waals surface area (Å²) in [6.07, 6.45) is 0. The van der Waals surface area contributed by atoms with Gasteiger partial charge in [0.15, 0.2) is 0 Å². The van der Waals surface area contributed by atoms with Gasteiger partial charge in [-0.1, -0.05) is 78.5 Å². The van der Waals surface area contributed by atoms with Crippen LogP contribution in [0.25, 0.3) is 32.0 Å². The van der Waals surface area contributed by atoms with Gasteiger partial charge >= 0.3 is 0 Å². The molecule has 0 aliphatic heterocycles. The van der Waals surface area contributed by atoms with E-state index in [1.54, 1.807) is 0 Å². The van der Waals surface area contributed by atoms with Crippen LogP contribution in [0.5, 0.6) is 0 Å². The average molecular weight is 369 g/mol. The van der Waals surface area contributed by atoms with E-state index in [4.69, 9.17) is 0 Å². The lowest BCUT2D eigenvalue weighted by molar-refractivity contribution is 1.46. The molecule has 0 unspecified atom stereocenters. The fourth-order valence-electron chi connectivity index (χ4n) is 3.38. The van der Waals surface area contributed by atoms with Gasteiger partial charge < -0.3 is 0 Å². The van der Waals surface area contributed by atoms with E-state index >= 15 is 0 Å². The predicted octanol–water partition coefficient (Wildman–Crippen LogP) is 7.87. The number of fused-ring (bicyclic) bond motifs is 3. The maximum absolute atomic E-state index is 2.33. The minimum atomic E-state index is 1.28. The molecule has 0 saturated carbocycles. The van der Waals surface area contributed by atoms with Gasteiger partial charge in [0.2, 0.25) is 0 Å². The molecule has 1 aromatic heterocycles. The van der Waals surface area contributed by atoms with Gasteiger partial charge in [0.25, 0.3) is 0 Å². The molecule has 0 saturated heterocycles. The van der Waals surface area contributed by atoms with Gasteiger partial charge in [-0.3, -0.25) is 0 Å². The number of benzene rings is 4. The number of hydrogen-bond donors (Lipinski definition) is 0. The Kier molecular flexibility index (Phi) is 4.00. The van der Waals surface area contributed by atoms with Crippen molar-refractivity contribution >= 4 is 44.6 Å². The van der Waals surface area contributed by atoms with Crippen LogP contribution in [0, 0.1) is 0 Å². The summed E-state index contributed by atoms with van der Waals surface area (Å²) in [5, 5.41) is 5.27. The molecule has 26 heavy (non-hydrogen) atoms. The van der Waals surface area contributed by atoms with Crippen LogP contribution in [0.15, 0.2) is 106 Å². The Morgan fingerprint density at radius 1 is 0.577 bits per heavy atom. The fraction of sp³-hybridized carbons (Fsp3) is 0. The standard InChI is InChI=1S/C24H16S2/c1-2-9-18(10-3-1)25-24-15-14-23(26-24)22-16-17-8-4-5-11-19(17)20-12-6-7-13-21(20)22/h1-16H. The molecule has 0 aliphatic rings. The van der Waals surface area contributed by atoms with E-state index < -0.39 is 0 Å². The third-order valence-corrected chi connectivity index (χ3v) is 6.83. The highest BCUT2D eigenvalue weighted by Gasteiger charge is 2.10. The fourth-order valence-corrected chi connectivity index (χ4v) is 5.54. The van der Waals surface area contributed by atoms with Crippen LogP contribution in [0.4, 0.5) is 0 Å². The van der Waals surface area contributed by atoms with E-state index in [1.807, 2.05) is 23.1 Å². The van der Waals surface area contributed by atoms with Crippen LogP contribution >= 0.6 is 23.1 Å². The molecule has 4 aromatic carbocycles. The Morgan fingerprint density at radius 2 is 1.27 bits per heavy atom. The van der Waals surface area contributed by atoms with Gasteiger partial charge in [-0.05, 0) is 51.9 Å². The van der Waals surface area contributed by atoms with Crippen molar-refractivity contribution in [2.75, 3.05) is 0 Å². The quantitative estimate of drug-likeness (QED) is 0.292. The van der Waals surface area contributed by atoms with Crippen LogP contribution in [0.3, 0.4) is 0 Å². The van der Waals surface area contributed by atoms with Gasteiger partial charge in [0, 0.05) is 15.3 Å². The summed E-state index contributed by atoms with van der Waals surface area (Å²) in [6.45, 7) is 0. The molecule has 0 amide bonds. The maximum atomic E-state index is 2.33. The minimum Gasteiger partial charge on any atom is -0.128 e. The van der Waals surface area contributed by atoms with E-state index in [2.05, 4.69) is 97.1 Å². The molecule has 0 bridgehead atoms. The molecule has 0 radical (unpaired) electrons. The second-order valence-corrected chi connectivity index (χ2v) is 8.68. The molecule has 0 nitrogen and oxygen atoms in total. The smallest absolute Gasteiger partial charge is 0.0652 e. The number of thiophene rings is 1. The van der Waals surface area contributed by atoms with Crippen molar-refractivity contribution < 1.29 is 0 Å². The lowest BCUT2D eigenvalue weighted by Crippen LogP contribution is -1.82. The summed E-state index contributed by atoms with van der Waals surface area (Å²) in [6, 6.07) is 34.8. The zero-order chi connectivity index (χ0) is 17.3. The molecular weight excluding hydrogens is 352 g/mol. The molecule has 5 aromatic rings. The van der Waals surface area contributed by atoms with Gasteiger partial charge in [-0.15, -0.1) is 11.3 Å². The van der Waals surface area contributed by atoms with Gasteiger partial charge in [-0.2, -0.15) is 0 Å². The molecule has 5 rings (SSSR count). The molecule has 0 aliphatic carbocycles. The van der Waals surface area contributed by atoms with Crippen LogP contribution in [-0.2, 0) is 0 Å². The first kappa shape index (κ1) is 15.7. The summed E-state index contributed by atoms with van der Waals surface area (Å²) in [7, 11) is 0. The Labute approximate surface area is 161 Å². The largest absolute Gasteiger partial charge is 0.128 e. The van der Waals surface area contributed by atoms with Crippen molar-refractivity contribution in [3.8, 4) is 10.4 Å². The summed E-state index contributed by atoms with van der Waals surface area (Å²) >= 11 is 3.70. The molecule has 0 N–H and O–H groups in total. The topological polar surface area (TPSA) is 0 Å². The van der Waals surface area contributed by atoms with Crippen molar-refractivity contribution in [3.63, 3.8) is 0 Å². The molecule has 0 fully saturated rings. The third-order valence-electron chi connectivity index (χ3n) is 4.58. The third kappa shape index (κ3) is 2.82. The highest BCUT2D eigenvalue weighted by Crippen LogP contribution is 2.41. The van der Waals surface area contributed by atoms with Crippen molar-refractivity contribution in [2.24, 2.45) is 0 Å². The monoisotopic (exact) mass is 368 g/mol. The van der Waals surface area contributed by atoms with Gasteiger partial charge in [0.1, 0.15) is 0 Å². The lowest BCUT2D eigenvalue weighted by atomic mass is 9.96. The van der Waals surface area contributed by atoms with E-state index in [9.17, 15) is 0 Å². The van der Waals surface area contributed by atoms with E-state index in [0.717, 1.165) is 0 Å². The van der Waals surface area contributed by atoms with Gasteiger partial charge in [-0.25, -0.2) is 0 Å². The number of hydrogen-bond acceptors (Lipinski definition) is 2. The second-order valence-electron chi connectivity index (χ2n) is 6.22. The zero-order valence-corrected chi connectivity index (χ0v) is 15.7. The number of rotatable bonds is 3. The molecule has 0 atom stereocenters. The van der Waals surface area contributed by atoms with E-state index in [0.29, 0.717) is 0 Å². The summed E-state index contributed by atoms with van der Waals surface area (Å²) in [4.78, 5) is 2.61. The first-order valence-corrected chi connectivity index (χ1v) is 10.3. The Morgan fingerprint density at radius 3 is 2.12 bits per heavy atom. The SMILES string of the molecule is c1ccc(Sc2ccc(-c3cc4ccccc4c4ccccc34)s2)cc1.